The average Bonchev–Trinajstić information content (AvgIpc) is 2.91. The van der Waals surface area contributed by atoms with Crippen molar-refractivity contribution in [3.05, 3.63) is 65.9 Å². The van der Waals surface area contributed by atoms with Crippen LogP contribution in [0.4, 0.5) is 20.4 Å². The second kappa shape index (κ2) is 10.8. The van der Waals surface area contributed by atoms with E-state index < -0.39 is 18.6 Å². The van der Waals surface area contributed by atoms with Gasteiger partial charge in [0.25, 0.3) is 5.92 Å². The highest BCUT2D eigenvalue weighted by Crippen LogP contribution is 2.32. The predicted octanol–water partition coefficient (Wildman–Crippen LogP) is 4.94. The van der Waals surface area contributed by atoms with Crippen molar-refractivity contribution in [2.24, 2.45) is 0 Å². The van der Waals surface area contributed by atoms with E-state index in [9.17, 15) is 14.0 Å². The van der Waals surface area contributed by atoms with Gasteiger partial charge in [-0.1, -0.05) is 12.1 Å². The molecule has 0 amide bonds. The number of hydrogen-bond donors (Lipinski definition) is 2. The molecule has 0 aliphatic carbocycles. The van der Waals surface area contributed by atoms with Gasteiger partial charge < -0.3 is 20.3 Å². The van der Waals surface area contributed by atoms with Gasteiger partial charge in [0.1, 0.15) is 11.8 Å². The Morgan fingerprint density at radius 3 is 2.62 bits per heavy atom. The van der Waals surface area contributed by atoms with E-state index >= 15 is 0 Å². The number of hydrogen-bond acceptors (Lipinski definition) is 7. The molecule has 2 aliphatic rings. The number of nitrogens with one attached hydrogen (secondary N) is 2. The molecule has 0 radical (unpaired) electrons. The second-order valence-corrected chi connectivity index (χ2v) is 9.75. The molecular weight excluding hydrogens is 474 g/mol. The van der Waals surface area contributed by atoms with Gasteiger partial charge in [0, 0.05) is 23.9 Å². The highest BCUT2D eigenvalue weighted by Gasteiger charge is 2.43. The van der Waals surface area contributed by atoms with Gasteiger partial charge in [-0.15, -0.1) is 0 Å². The van der Waals surface area contributed by atoms with Gasteiger partial charge in [-0.2, -0.15) is 5.26 Å². The number of rotatable bonds is 6. The summed E-state index contributed by atoms with van der Waals surface area (Å²) in [6, 6.07) is 17.1. The van der Waals surface area contributed by atoms with Crippen LogP contribution in [0, 0.1) is 11.3 Å². The Bertz CT molecular complexity index is 1270. The highest BCUT2D eigenvalue weighted by molar-refractivity contribution is 5.66. The molecule has 9 heteroatoms. The fourth-order valence-electron chi connectivity index (χ4n) is 4.88. The summed E-state index contributed by atoms with van der Waals surface area (Å²) in [5.74, 6) is -1.83. The summed E-state index contributed by atoms with van der Waals surface area (Å²) in [5.41, 5.74) is 3.70. The summed E-state index contributed by atoms with van der Waals surface area (Å²) < 4.78 is 34.0. The van der Waals surface area contributed by atoms with Gasteiger partial charge in [-0.05, 0) is 87.4 Å². The van der Waals surface area contributed by atoms with Gasteiger partial charge in [0.05, 0.1) is 17.8 Å². The standard InChI is InChI=1S/C28H30F2N6O/c1-36-14-10-20(11-15-36)19-2-5-23(6-3-19)34-27-33-13-8-24(35-27)21-4-7-25(22(16-21)17-31)37-26-9-12-32-18-28(26,29)30/h2-8,13,16,20,26,32H,9-12,14-15,18H2,1H3,(H,33,34,35). The van der Waals surface area contributed by atoms with Crippen molar-refractivity contribution in [2.45, 2.75) is 37.2 Å². The molecule has 5 rings (SSSR count). The topological polar surface area (TPSA) is 86.1 Å². The molecule has 7 nitrogen and oxygen atoms in total. The molecule has 3 heterocycles. The third-order valence-electron chi connectivity index (χ3n) is 7.09. The highest BCUT2D eigenvalue weighted by atomic mass is 19.3. The van der Waals surface area contributed by atoms with Crippen LogP contribution in [0.15, 0.2) is 54.7 Å². The molecule has 1 aromatic heterocycles. The van der Waals surface area contributed by atoms with E-state index in [-0.39, 0.29) is 17.7 Å². The van der Waals surface area contributed by atoms with Gasteiger partial charge in [0.2, 0.25) is 5.95 Å². The summed E-state index contributed by atoms with van der Waals surface area (Å²) in [6.45, 7) is 2.25. The predicted molar refractivity (Wildman–Crippen MR) is 138 cm³/mol. The number of aromatic nitrogens is 2. The molecule has 2 N–H and O–H groups in total. The van der Waals surface area contributed by atoms with Gasteiger partial charge in [-0.25, -0.2) is 18.7 Å². The van der Waals surface area contributed by atoms with Gasteiger partial charge in [0.15, 0.2) is 6.10 Å². The Balaban J connectivity index is 1.29. The summed E-state index contributed by atoms with van der Waals surface area (Å²) >= 11 is 0. The van der Waals surface area contributed by atoms with E-state index in [1.54, 1.807) is 30.5 Å². The molecule has 2 aliphatic heterocycles. The number of benzene rings is 2. The molecule has 2 aromatic carbocycles. The zero-order valence-corrected chi connectivity index (χ0v) is 20.8. The van der Waals surface area contributed by atoms with Gasteiger partial charge >= 0.3 is 0 Å². The third kappa shape index (κ3) is 5.87. The van der Waals surface area contributed by atoms with Crippen molar-refractivity contribution in [3.63, 3.8) is 0 Å². The molecule has 192 valence electrons. The van der Waals surface area contributed by atoms with E-state index in [1.165, 1.54) is 18.4 Å². The van der Waals surface area contributed by atoms with Crippen LogP contribution in [0.1, 0.15) is 36.3 Å². The second-order valence-electron chi connectivity index (χ2n) is 9.75. The lowest BCUT2D eigenvalue weighted by Gasteiger charge is -2.32. The molecule has 2 fully saturated rings. The Morgan fingerprint density at radius 1 is 1.11 bits per heavy atom. The minimum atomic E-state index is -3.00. The number of halogens is 2. The van der Waals surface area contributed by atoms with Crippen molar-refractivity contribution < 1.29 is 13.5 Å². The fourth-order valence-corrected chi connectivity index (χ4v) is 4.88. The Labute approximate surface area is 215 Å². The molecule has 1 atom stereocenters. The zero-order valence-electron chi connectivity index (χ0n) is 20.8. The van der Waals surface area contributed by atoms with E-state index in [2.05, 4.69) is 50.8 Å². The summed E-state index contributed by atoms with van der Waals surface area (Å²) in [7, 11) is 2.16. The number of alkyl halides is 2. The number of likely N-dealkylation sites (tertiary alicyclic amines) is 1. The lowest BCUT2D eigenvalue weighted by molar-refractivity contribution is -0.109. The number of ether oxygens (including phenoxy) is 1. The first-order chi connectivity index (χ1) is 17.9. The van der Waals surface area contributed by atoms with Crippen molar-refractivity contribution in [1.82, 2.24) is 20.2 Å². The molecule has 0 bridgehead atoms. The summed E-state index contributed by atoms with van der Waals surface area (Å²) in [4.78, 5) is 11.3. The Kier molecular flexibility index (Phi) is 7.31. The van der Waals surface area contributed by atoms with E-state index in [0.717, 1.165) is 18.8 Å². The van der Waals surface area contributed by atoms with Crippen molar-refractivity contribution in [1.29, 1.82) is 5.26 Å². The number of piperidine rings is 2. The number of anilines is 2. The largest absolute Gasteiger partial charge is 0.483 e. The van der Waals surface area contributed by atoms with Crippen molar-refractivity contribution in [2.75, 3.05) is 38.5 Å². The smallest absolute Gasteiger partial charge is 0.296 e. The van der Waals surface area contributed by atoms with Crippen molar-refractivity contribution in [3.8, 4) is 23.1 Å². The molecule has 0 spiro atoms. The van der Waals surface area contributed by atoms with Crippen LogP contribution < -0.4 is 15.4 Å². The average molecular weight is 505 g/mol. The first-order valence-corrected chi connectivity index (χ1v) is 12.6. The molecule has 37 heavy (non-hydrogen) atoms. The summed E-state index contributed by atoms with van der Waals surface area (Å²) in [6.07, 6.45) is 2.88. The number of nitrogens with zero attached hydrogens (tertiary/aromatic N) is 4. The maximum atomic E-state index is 14.2. The van der Waals surface area contributed by atoms with Crippen LogP contribution in [-0.4, -0.2) is 60.1 Å². The van der Waals surface area contributed by atoms with Gasteiger partial charge in [-0.3, -0.25) is 0 Å². The van der Waals surface area contributed by atoms with Crippen LogP contribution in [0.3, 0.4) is 0 Å². The van der Waals surface area contributed by atoms with Crippen LogP contribution in [-0.2, 0) is 0 Å². The SMILES string of the molecule is CN1CCC(c2ccc(Nc3nccc(-c4ccc(OC5CCNCC5(F)F)c(C#N)c4)n3)cc2)CC1. The quantitative estimate of drug-likeness (QED) is 0.492. The van der Waals surface area contributed by atoms with Crippen molar-refractivity contribution >= 4 is 11.6 Å². The first kappa shape index (κ1) is 25.1. The first-order valence-electron chi connectivity index (χ1n) is 12.6. The van der Waals surface area contributed by atoms with Crippen LogP contribution in [0.25, 0.3) is 11.3 Å². The molecule has 1 unspecified atom stereocenters. The lowest BCUT2D eigenvalue weighted by atomic mass is 9.89. The van der Waals surface area contributed by atoms with E-state index in [4.69, 9.17) is 4.74 Å². The molecule has 2 saturated heterocycles. The lowest BCUT2D eigenvalue weighted by Crippen LogP contribution is -2.52. The maximum Gasteiger partial charge on any atom is 0.296 e. The summed E-state index contributed by atoms with van der Waals surface area (Å²) in [5, 5.41) is 15.6. The van der Waals surface area contributed by atoms with Crippen LogP contribution in [0.5, 0.6) is 5.75 Å². The molecule has 0 saturated carbocycles. The Hall–Kier alpha value is -3.61. The number of nitriles is 1. The normalized spacial score (nSPS) is 20.2. The molecular formula is C28H30F2N6O. The Morgan fingerprint density at radius 2 is 1.89 bits per heavy atom. The minimum absolute atomic E-state index is 0.148. The van der Waals surface area contributed by atoms with Crippen LogP contribution in [0.2, 0.25) is 0 Å². The van der Waals surface area contributed by atoms with Crippen LogP contribution >= 0.6 is 0 Å². The minimum Gasteiger partial charge on any atom is -0.483 e. The zero-order chi connectivity index (χ0) is 25.8. The fraction of sp³-hybridized carbons (Fsp3) is 0.393. The van der Waals surface area contributed by atoms with E-state index in [1.807, 2.05) is 12.1 Å². The third-order valence-corrected chi connectivity index (χ3v) is 7.09. The monoisotopic (exact) mass is 504 g/mol. The van der Waals surface area contributed by atoms with E-state index in [0.29, 0.717) is 29.7 Å². The molecule has 3 aromatic rings. The maximum absolute atomic E-state index is 14.2.